The standard InChI is InChI=1S/C13H23N3S/c1-8(14-4)12-9(2)15-13(17-12)16(5)10(3)11-6-7-11/h8,10-11,14H,6-7H2,1-5H3. The van der Waals surface area contributed by atoms with E-state index in [1.807, 2.05) is 18.4 Å². The Bertz CT molecular complexity index is 384. The number of nitrogens with zero attached hydrogens (tertiary/aromatic N) is 2. The van der Waals surface area contributed by atoms with E-state index in [-0.39, 0.29) is 0 Å². The van der Waals surface area contributed by atoms with Gasteiger partial charge in [0.1, 0.15) is 0 Å². The molecule has 4 heteroatoms. The second-order valence-corrected chi connectivity index (χ2v) is 6.15. The first-order chi connectivity index (χ1) is 8.04. The van der Waals surface area contributed by atoms with Crippen LogP contribution in [0.3, 0.4) is 0 Å². The van der Waals surface area contributed by atoms with Crippen molar-refractivity contribution in [3.63, 3.8) is 0 Å². The van der Waals surface area contributed by atoms with E-state index in [0.29, 0.717) is 12.1 Å². The summed E-state index contributed by atoms with van der Waals surface area (Å²) in [5, 5.41) is 4.46. The van der Waals surface area contributed by atoms with Gasteiger partial charge >= 0.3 is 0 Å². The number of thiazole rings is 1. The first-order valence-electron chi connectivity index (χ1n) is 6.42. The molecule has 1 aliphatic rings. The van der Waals surface area contributed by atoms with Crippen LogP contribution in [0.1, 0.15) is 43.3 Å². The zero-order valence-corrected chi connectivity index (χ0v) is 12.3. The molecule has 3 nitrogen and oxygen atoms in total. The first kappa shape index (κ1) is 12.8. The monoisotopic (exact) mass is 253 g/mol. The van der Waals surface area contributed by atoms with E-state index in [0.717, 1.165) is 5.92 Å². The topological polar surface area (TPSA) is 28.2 Å². The molecule has 1 heterocycles. The zero-order valence-electron chi connectivity index (χ0n) is 11.4. The van der Waals surface area contributed by atoms with E-state index < -0.39 is 0 Å². The van der Waals surface area contributed by atoms with Crippen LogP contribution in [0.2, 0.25) is 0 Å². The molecule has 17 heavy (non-hydrogen) atoms. The Morgan fingerprint density at radius 1 is 1.41 bits per heavy atom. The highest BCUT2D eigenvalue weighted by Gasteiger charge is 2.31. The number of nitrogens with one attached hydrogen (secondary N) is 1. The lowest BCUT2D eigenvalue weighted by atomic mass is 10.2. The minimum absolute atomic E-state index is 0.394. The van der Waals surface area contributed by atoms with Gasteiger partial charge < -0.3 is 10.2 Å². The maximum Gasteiger partial charge on any atom is 0.185 e. The molecule has 1 fully saturated rings. The lowest BCUT2D eigenvalue weighted by Crippen LogP contribution is -2.30. The summed E-state index contributed by atoms with van der Waals surface area (Å²) in [6, 6.07) is 1.02. The lowest BCUT2D eigenvalue weighted by molar-refractivity contribution is 0.607. The smallest absolute Gasteiger partial charge is 0.185 e. The summed E-state index contributed by atoms with van der Waals surface area (Å²) < 4.78 is 0. The molecule has 0 bridgehead atoms. The van der Waals surface area contributed by atoms with Crippen LogP contribution >= 0.6 is 11.3 Å². The average molecular weight is 253 g/mol. The van der Waals surface area contributed by atoms with Crippen LogP contribution in [-0.4, -0.2) is 25.1 Å². The van der Waals surface area contributed by atoms with Gasteiger partial charge in [0.2, 0.25) is 0 Å². The van der Waals surface area contributed by atoms with Gasteiger partial charge in [-0.2, -0.15) is 0 Å². The molecule has 0 aliphatic heterocycles. The van der Waals surface area contributed by atoms with E-state index in [4.69, 9.17) is 4.98 Å². The second kappa shape index (κ2) is 4.94. The molecule has 0 spiro atoms. The maximum absolute atomic E-state index is 4.72. The predicted molar refractivity (Wildman–Crippen MR) is 74.9 cm³/mol. The molecule has 0 radical (unpaired) electrons. The van der Waals surface area contributed by atoms with Gasteiger partial charge in [-0.3, -0.25) is 0 Å². The van der Waals surface area contributed by atoms with E-state index in [2.05, 4.69) is 38.0 Å². The average Bonchev–Trinajstić information content (AvgIpc) is 3.09. The van der Waals surface area contributed by atoms with Crippen LogP contribution in [-0.2, 0) is 0 Å². The molecule has 1 aromatic heterocycles. The van der Waals surface area contributed by atoms with Crippen molar-refractivity contribution in [2.24, 2.45) is 5.92 Å². The van der Waals surface area contributed by atoms with Crippen LogP contribution in [0, 0.1) is 12.8 Å². The minimum atomic E-state index is 0.394. The Morgan fingerprint density at radius 3 is 2.59 bits per heavy atom. The molecule has 1 N–H and O–H groups in total. The van der Waals surface area contributed by atoms with Gasteiger partial charge in [-0.05, 0) is 46.6 Å². The van der Waals surface area contributed by atoms with E-state index in [1.165, 1.54) is 28.5 Å². The van der Waals surface area contributed by atoms with Gasteiger partial charge in [0.05, 0.1) is 5.69 Å². The molecule has 1 saturated carbocycles. The number of hydrogen-bond donors (Lipinski definition) is 1. The van der Waals surface area contributed by atoms with E-state index in [9.17, 15) is 0 Å². The largest absolute Gasteiger partial charge is 0.348 e. The van der Waals surface area contributed by atoms with Gasteiger partial charge in [-0.1, -0.05) is 0 Å². The Hall–Kier alpha value is -0.610. The van der Waals surface area contributed by atoms with Gasteiger partial charge in [0.25, 0.3) is 0 Å². The molecule has 1 aromatic rings. The molecule has 2 unspecified atom stereocenters. The van der Waals surface area contributed by atoms with Crippen LogP contribution in [0.25, 0.3) is 0 Å². The van der Waals surface area contributed by atoms with Crippen LogP contribution in [0.5, 0.6) is 0 Å². The van der Waals surface area contributed by atoms with E-state index >= 15 is 0 Å². The van der Waals surface area contributed by atoms with Gasteiger partial charge in [0.15, 0.2) is 5.13 Å². The molecule has 2 rings (SSSR count). The van der Waals surface area contributed by atoms with Gasteiger partial charge in [-0.25, -0.2) is 4.98 Å². The summed E-state index contributed by atoms with van der Waals surface area (Å²) in [5.74, 6) is 0.884. The summed E-state index contributed by atoms with van der Waals surface area (Å²) in [6.07, 6.45) is 2.77. The molecule has 0 aromatic carbocycles. The van der Waals surface area contributed by atoms with Crippen molar-refractivity contribution in [2.45, 2.75) is 45.7 Å². The Balaban J connectivity index is 2.15. The Morgan fingerprint density at radius 2 is 2.06 bits per heavy atom. The van der Waals surface area contributed by atoms with Crippen molar-refractivity contribution < 1.29 is 0 Å². The number of aromatic nitrogens is 1. The van der Waals surface area contributed by atoms with Crippen LogP contribution in [0.4, 0.5) is 5.13 Å². The van der Waals surface area contributed by atoms with Crippen molar-refractivity contribution >= 4 is 16.5 Å². The summed E-state index contributed by atoms with van der Waals surface area (Å²) in [7, 11) is 4.18. The van der Waals surface area contributed by atoms with Gasteiger partial charge in [-0.15, -0.1) is 11.3 Å². The lowest BCUT2D eigenvalue weighted by Gasteiger charge is -2.24. The van der Waals surface area contributed by atoms with Crippen molar-refractivity contribution in [3.05, 3.63) is 10.6 Å². The van der Waals surface area contributed by atoms with Crippen molar-refractivity contribution in [3.8, 4) is 0 Å². The highest BCUT2D eigenvalue weighted by molar-refractivity contribution is 7.15. The Kier molecular flexibility index (Phi) is 3.73. The fourth-order valence-electron chi connectivity index (χ4n) is 2.15. The summed E-state index contributed by atoms with van der Waals surface area (Å²) >= 11 is 1.83. The number of aryl methyl sites for hydroxylation is 1. The molecular formula is C13H23N3S. The summed E-state index contributed by atoms with van der Waals surface area (Å²) in [4.78, 5) is 8.42. The zero-order chi connectivity index (χ0) is 12.6. The molecule has 96 valence electrons. The second-order valence-electron chi connectivity index (χ2n) is 5.15. The highest BCUT2D eigenvalue weighted by Crippen LogP contribution is 2.38. The first-order valence-corrected chi connectivity index (χ1v) is 7.23. The fraction of sp³-hybridized carbons (Fsp3) is 0.769. The van der Waals surface area contributed by atoms with Crippen LogP contribution in [0.15, 0.2) is 0 Å². The quantitative estimate of drug-likeness (QED) is 0.874. The normalized spacial score (nSPS) is 19.1. The van der Waals surface area contributed by atoms with Crippen molar-refractivity contribution in [2.75, 3.05) is 19.0 Å². The third-order valence-corrected chi connectivity index (χ3v) is 5.30. The Labute approximate surface area is 108 Å². The predicted octanol–water partition coefficient (Wildman–Crippen LogP) is 2.97. The molecule has 0 saturated heterocycles. The van der Waals surface area contributed by atoms with E-state index in [1.54, 1.807) is 0 Å². The molecule has 2 atom stereocenters. The molecule has 1 aliphatic carbocycles. The number of rotatable bonds is 5. The molecule has 0 amide bonds. The summed E-state index contributed by atoms with van der Waals surface area (Å²) in [5.41, 5.74) is 1.17. The minimum Gasteiger partial charge on any atom is -0.348 e. The van der Waals surface area contributed by atoms with Crippen molar-refractivity contribution in [1.82, 2.24) is 10.3 Å². The maximum atomic E-state index is 4.72. The number of anilines is 1. The third-order valence-electron chi connectivity index (χ3n) is 3.86. The molecular weight excluding hydrogens is 230 g/mol. The van der Waals surface area contributed by atoms with Gasteiger partial charge in [0, 0.05) is 24.0 Å². The highest BCUT2D eigenvalue weighted by atomic mass is 32.1. The fourth-order valence-corrected chi connectivity index (χ4v) is 3.32. The third kappa shape index (κ3) is 2.63. The number of hydrogen-bond acceptors (Lipinski definition) is 4. The van der Waals surface area contributed by atoms with Crippen molar-refractivity contribution in [1.29, 1.82) is 0 Å². The van der Waals surface area contributed by atoms with Crippen LogP contribution < -0.4 is 10.2 Å². The SMILES string of the molecule is CNC(C)c1sc(N(C)C(C)C2CC2)nc1C. The summed E-state index contributed by atoms with van der Waals surface area (Å²) in [6.45, 7) is 6.61.